The summed E-state index contributed by atoms with van der Waals surface area (Å²) in [5, 5.41) is 22.9. The third-order valence-corrected chi connectivity index (χ3v) is 10.5. The van der Waals surface area contributed by atoms with Gasteiger partial charge < -0.3 is 15.5 Å². The van der Waals surface area contributed by atoms with Crippen LogP contribution >= 0.6 is 0 Å². The number of unbranched alkanes of at least 4 members (excludes halogenated alkanes) is 27. The van der Waals surface area contributed by atoms with Crippen molar-refractivity contribution in [2.24, 2.45) is 0 Å². The van der Waals surface area contributed by atoms with Crippen LogP contribution in [0.25, 0.3) is 0 Å². The molecule has 2 atom stereocenters. The summed E-state index contributed by atoms with van der Waals surface area (Å²) in [5.41, 5.74) is 0. The lowest BCUT2D eigenvalue weighted by atomic mass is 10.0. The van der Waals surface area contributed by atoms with Gasteiger partial charge in [0.2, 0.25) is 5.91 Å². The van der Waals surface area contributed by atoms with Gasteiger partial charge in [0.15, 0.2) is 0 Å². The Morgan fingerprint density at radius 1 is 0.463 bits per heavy atom. The minimum Gasteiger partial charge on any atom is -0.394 e. The molecular weight excluding hydrogens is 663 g/mol. The number of carbonyl (C=O) groups excluding carboxylic acids is 1. The molecule has 2 unspecified atom stereocenters. The molecule has 314 valence electrons. The second kappa shape index (κ2) is 45.5. The van der Waals surface area contributed by atoms with E-state index >= 15 is 0 Å². The van der Waals surface area contributed by atoms with Gasteiger partial charge in [-0.25, -0.2) is 0 Å². The minimum absolute atomic E-state index is 0.144. The molecule has 0 bridgehead atoms. The van der Waals surface area contributed by atoms with E-state index in [0.717, 1.165) is 38.5 Å². The van der Waals surface area contributed by atoms with Crippen molar-refractivity contribution in [2.45, 2.75) is 244 Å². The van der Waals surface area contributed by atoms with Crippen LogP contribution in [0.4, 0.5) is 0 Å². The SMILES string of the molecule is CC/C=C\C/C=C\C/C=C\C/C=C\CCC(=O)NC(CO)C(O)/C=C/CCCCCCCCCCCCCCCCCCCCCCCCCCCCC. The summed E-state index contributed by atoms with van der Waals surface area (Å²) in [5.74, 6) is -0.144. The van der Waals surface area contributed by atoms with Gasteiger partial charge in [-0.3, -0.25) is 4.79 Å². The molecule has 3 N–H and O–H groups in total. The number of aliphatic hydroxyl groups is 2. The van der Waals surface area contributed by atoms with Crippen molar-refractivity contribution in [3.63, 3.8) is 0 Å². The molecule has 0 aromatic heterocycles. The van der Waals surface area contributed by atoms with E-state index in [1.54, 1.807) is 6.08 Å². The maximum absolute atomic E-state index is 12.3. The van der Waals surface area contributed by atoms with Crippen LogP contribution in [0.3, 0.4) is 0 Å². The van der Waals surface area contributed by atoms with E-state index in [9.17, 15) is 15.0 Å². The smallest absolute Gasteiger partial charge is 0.220 e. The van der Waals surface area contributed by atoms with Crippen molar-refractivity contribution in [3.8, 4) is 0 Å². The number of amides is 1. The first-order chi connectivity index (χ1) is 26.7. The predicted octanol–water partition coefficient (Wildman–Crippen LogP) is 14.9. The number of rotatable bonds is 42. The van der Waals surface area contributed by atoms with E-state index in [4.69, 9.17) is 0 Å². The van der Waals surface area contributed by atoms with E-state index in [2.05, 4.69) is 61.7 Å². The predicted molar refractivity (Wildman–Crippen MR) is 239 cm³/mol. The van der Waals surface area contributed by atoms with Crippen LogP contribution in [0, 0.1) is 0 Å². The normalized spacial score (nSPS) is 13.5. The largest absolute Gasteiger partial charge is 0.394 e. The molecule has 0 aliphatic heterocycles. The number of allylic oxidation sites excluding steroid dienone is 9. The van der Waals surface area contributed by atoms with Crippen molar-refractivity contribution >= 4 is 5.91 Å². The summed E-state index contributed by atoms with van der Waals surface area (Å²) in [4.78, 5) is 12.3. The Hall–Kier alpha value is -1.91. The summed E-state index contributed by atoms with van der Waals surface area (Å²) in [7, 11) is 0. The molecule has 1 amide bonds. The summed E-state index contributed by atoms with van der Waals surface area (Å²) in [6, 6.07) is -0.662. The highest BCUT2D eigenvalue weighted by Gasteiger charge is 2.17. The van der Waals surface area contributed by atoms with E-state index in [0.29, 0.717) is 12.8 Å². The summed E-state index contributed by atoms with van der Waals surface area (Å²) in [6.45, 7) is 4.16. The molecule has 4 heteroatoms. The number of nitrogens with one attached hydrogen (secondary N) is 1. The Morgan fingerprint density at radius 2 is 0.815 bits per heavy atom. The van der Waals surface area contributed by atoms with Crippen LogP contribution in [0.1, 0.15) is 232 Å². The van der Waals surface area contributed by atoms with Gasteiger partial charge in [-0.15, -0.1) is 0 Å². The Morgan fingerprint density at radius 3 is 1.19 bits per heavy atom. The van der Waals surface area contributed by atoms with Crippen molar-refractivity contribution in [2.75, 3.05) is 6.61 Å². The van der Waals surface area contributed by atoms with Crippen LogP contribution in [0.5, 0.6) is 0 Å². The second-order valence-electron chi connectivity index (χ2n) is 15.8. The first kappa shape index (κ1) is 52.1. The second-order valence-corrected chi connectivity index (χ2v) is 15.8. The first-order valence-electron chi connectivity index (χ1n) is 23.5. The van der Waals surface area contributed by atoms with Gasteiger partial charge in [-0.2, -0.15) is 0 Å². The molecule has 4 nitrogen and oxygen atoms in total. The maximum atomic E-state index is 12.3. The summed E-state index contributed by atoms with van der Waals surface area (Å²) >= 11 is 0. The molecule has 0 rings (SSSR count). The first-order valence-corrected chi connectivity index (χ1v) is 23.5. The van der Waals surface area contributed by atoms with E-state index in [1.165, 1.54) is 167 Å². The molecule has 0 saturated heterocycles. The molecule has 0 heterocycles. The molecule has 0 radical (unpaired) electrons. The van der Waals surface area contributed by atoms with Gasteiger partial charge >= 0.3 is 0 Å². The molecular formula is C50H91NO3. The molecule has 0 aromatic rings. The Bertz CT molecular complexity index is 904. The highest BCUT2D eigenvalue weighted by Crippen LogP contribution is 2.16. The number of hydrogen-bond acceptors (Lipinski definition) is 3. The zero-order valence-electron chi connectivity index (χ0n) is 36.0. The maximum Gasteiger partial charge on any atom is 0.220 e. The molecule has 0 spiro atoms. The lowest BCUT2D eigenvalue weighted by Crippen LogP contribution is -2.45. The molecule has 0 saturated carbocycles. The van der Waals surface area contributed by atoms with Crippen molar-refractivity contribution in [3.05, 3.63) is 60.8 Å². The number of carbonyl (C=O) groups is 1. The average molecular weight is 754 g/mol. The highest BCUT2D eigenvalue weighted by atomic mass is 16.3. The molecule has 0 fully saturated rings. The van der Waals surface area contributed by atoms with E-state index in [-0.39, 0.29) is 12.5 Å². The van der Waals surface area contributed by atoms with E-state index in [1.807, 2.05) is 12.2 Å². The van der Waals surface area contributed by atoms with Crippen molar-refractivity contribution in [1.82, 2.24) is 5.32 Å². The van der Waals surface area contributed by atoms with Crippen LogP contribution in [-0.2, 0) is 4.79 Å². The fourth-order valence-corrected chi connectivity index (χ4v) is 6.95. The Balaban J connectivity index is 3.53. The fourth-order valence-electron chi connectivity index (χ4n) is 6.95. The minimum atomic E-state index is -0.870. The third kappa shape index (κ3) is 41.3. The topological polar surface area (TPSA) is 69.6 Å². The molecule has 0 aliphatic rings. The fraction of sp³-hybridized carbons (Fsp3) is 0.780. The Labute approximate surface area is 336 Å². The van der Waals surface area contributed by atoms with Crippen LogP contribution in [0.15, 0.2) is 60.8 Å². The van der Waals surface area contributed by atoms with Gasteiger partial charge in [0.1, 0.15) is 0 Å². The third-order valence-electron chi connectivity index (χ3n) is 10.5. The van der Waals surface area contributed by atoms with Crippen LogP contribution in [0.2, 0.25) is 0 Å². The van der Waals surface area contributed by atoms with Gasteiger partial charge in [-0.05, 0) is 44.9 Å². The standard InChI is InChI=1S/C50H91NO3/c1-3-5-7-9-11-13-15-17-18-19-20-21-22-23-24-25-26-27-28-29-30-31-32-34-35-37-39-41-43-45-49(53)48(47-52)51-50(54)46-44-42-40-38-36-33-16-14-12-10-8-6-4-2/h6,8,12,14,33,36,40,42-43,45,48-49,52-53H,3-5,7,9-11,13,15-32,34-35,37-39,41,44,46-47H2,1-2H3,(H,51,54)/b8-6-,14-12-,36-33-,42-40-,45-43+. The lowest BCUT2D eigenvalue weighted by molar-refractivity contribution is -0.122. The quantitative estimate of drug-likeness (QED) is 0.0429. The highest BCUT2D eigenvalue weighted by molar-refractivity contribution is 5.76. The zero-order valence-corrected chi connectivity index (χ0v) is 36.0. The van der Waals surface area contributed by atoms with Crippen molar-refractivity contribution < 1.29 is 15.0 Å². The zero-order chi connectivity index (χ0) is 39.3. The number of hydrogen-bond donors (Lipinski definition) is 3. The van der Waals surface area contributed by atoms with Crippen LogP contribution in [-0.4, -0.2) is 34.9 Å². The monoisotopic (exact) mass is 754 g/mol. The van der Waals surface area contributed by atoms with Gasteiger partial charge in [-0.1, -0.05) is 242 Å². The van der Waals surface area contributed by atoms with E-state index < -0.39 is 12.1 Å². The number of aliphatic hydroxyl groups excluding tert-OH is 2. The van der Waals surface area contributed by atoms with Crippen molar-refractivity contribution in [1.29, 1.82) is 0 Å². The average Bonchev–Trinajstić information content (AvgIpc) is 3.18. The Kier molecular flexibility index (Phi) is 43.9. The molecule has 0 aliphatic carbocycles. The van der Waals surface area contributed by atoms with Gasteiger partial charge in [0.05, 0.1) is 18.8 Å². The molecule has 0 aromatic carbocycles. The lowest BCUT2D eigenvalue weighted by Gasteiger charge is -2.19. The summed E-state index contributed by atoms with van der Waals surface area (Å²) in [6.07, 6.45) is 63.7. The van der Waals surface area contributed by atoms with Gasteiger partial charge in [0, 0.05) is 6.42 Å². The molecule has 54 heavy (non-hydrogen) atoms. The van der Waals surface area contributed by atoms with Gasteiger partial charge in [0.25, 0.3) is 0 Å². The van der Waals surface area contributed by atoms with Crippen LogP contribution < -0.4 is 5.32 Å². The summed E-state index contributed by atoms with van der Waals surface area (Å²) < 4.78 is 0.